The van der Waals surface area contributed by atoms with Gasteiger partial charge in [-0.15, -0.1) is 0 Å². The molecule has 1 fully saturated rings. The van der Waals surface area contributed by atoms with Gasteiger partial charge >= 0.3 is 0 Å². The van der Waals surface area contributed by atoms with Crippen LogP contribution in [-0.4, -0.2) is 13.0 Å². The van der Waals surface area contributed by atoms with Crippen LogP contribution in [0.5, 0.6) is 0 Å². The first-order valence-electron chi connectivity index (χ1n) is 4.36. The van der Waals surface area contributed by atoms with E-state index in [1.165, 1.54) is 12.8 Å². The van der Waals surface area contributed by atoms with E-state index < -0.39 is 0 Å². The molecule has 1 aliphatic carbocycles. The molecule has 1 rings (SSSR count). The van der Waals surface area contributed by atoms with Gasteiger partial charge < -0.3 is 4.74 Å². The summed E-state index contributed by atoms with van der Waals surface area (Å²) in [6, 6.07) is 0. The summed E-state index contributed by atoms with van der Waals surface area (Å²) in [4.78, 5) is 0. The molecule has 0 aromatic heterocycles. The van der Waals surface area contributed by atoms with Gasteiger partial charge in [0.2, 0.25) is 0 Å². The SMILES string of the molecule is COC(=N)C1CCC(C)CC1. The fourth-order valence-corrected chi connectivity index (χ4v) is 1.69. The Morgan fingerprint density at radius 3 is 2.27 bits per heavy atom. The van der Waals surface area contributed by atoms with Crippen molar-refractivity contribution in [3.63, 3.8) is 0 Å². The van der Waals surface area contributed by atoms with Crippen LogP contribution < -0.4 is 0 Å². The average molecular weight is 155 g/mol. The molecule has 0 spiro atoms. The number of hydrogen-bond donors (Lipinski definition) is 1. The molecule has 0 amide bonds. The van der Waals surface area contributed by atoms with Crippen LogP contribution in [0.2, 0.25) is 0 Å². The zero-order valence-electron chi connectivity index (χ0n) is 7.39. The molecule has 0 radical (unpaired) electrons. The molecule has 0 atom stereocenters. The van der Waals surface area contributed by atoms with Crippen molar-refractivity contribution in [2.45, 2.75) is 32.6 Å². The maximum atomic E-state index is 7.48. The van der Waals surface area contributed by atoms with Crippen LogP contribution in [0, 0.1) is 17.2 Å². The summed E-state index contributed by atoms with van der Waals surface area (Å²) in [5.41, 5.74) is 0. The molecule has 0 aromatic carbocycles. The molecule has 11 heavy (non-hydrogen) atoms. The Labute approximate surface area is 68.5 Å². The first-order valence-corrected chi connectivity index (χ1v) is 4.36. The highest BCUT2D eigenvalue weighted by Gasteiger charge is 2.21. The molecule has 0 aromatic rings. The third-order valence-electron chi connectivity index (χ3n) is 2.61. The molecule has 0 saturated heterocycles. The highest BCUT2D eigenvalue weighted by Crippen LogP contribution is 2.28. The fourth-order valence-electron chi connectivity index (χ4n) is 1.69. The molecule has 1 saturated carbocycles. The summed E-state index contributed by atoms with van der Waals surface area (Å²) in [6.07, 6.45) is 4.81. The molecule has 0 unspecified atom stereocenters. The largest absolute Gasteiger partial charge is 0.484 e. The highest BCUT2D eigenvalue weighted by molar-refractivity contribution is 5.75. The van der Waals surface area contributed by atoms with E-state index in [2.05, 4.69) is 6.92 Å². The zero-order valence-corrected chi connectivity index (χ0v) is 7.39. The van der Waals surface area contributed by atoms with Crippen molar-refractivity contribution >= 4 is 5.90 Å². The van der Waals surface area contributed by atoms with Gasteiger partial charge in [0.15, 0.2) is 5.90 Å². The average Bonchev–Trinajstić information content (AvgIpc) is 2.05. The Bertz CT molecular complexity index is 136. The Hall–Kier alpha value is -0.530. The van der Waals surface area contributed by atoms with E-state index in [-0.39, 0.29) is 0 Å². The van der Waals surface area contributed by atoms with Gasteiger partial charge in [-0.1, -0.05) is 6.92 Å². The lowest BCUT2D eigenvalue weighted by molar-refractivity contribution is 0.288. The fraction of sp³-hybridized carbons (Fsp3) is 0.889. The Morgan fingerprint density at radius 1 is 1.27 bits per heavy atom. The van der Waals surface area contributed by atoms with Gasteiger partial charge in [-0.25, -0.2) is 0 Å². The molecule has 64 valence electrons. The first kappa shape index (κ1) is 8.57. The maximum Gasteiger partial charge on any atom is 0.183 e. The van der Waals surface area contributed by atoms with Gasteiger partial charge in [0.05, 0.1) is 7.11 Å². The summed E-state index contributed by atoms with van der Waals surface area (Å²) < 4.78 is 4.91. The van der Waals surface area contributed by atoms with E-state index in [4.69, 9.17) is 10.1 Å². The standard InChI is InChI=1S/C9H17NO/c1-7-3-5-8(6-4-7)9(10)11-2/h7-8,10H,3-6H2,1-2H3. The van der Waals surface area contributed by atoms with Crippen LogP contribution in [0.25, 0.3) is 0 Å². The summed E-state index contributed by atoms with van der Waals surface area (Å²) >= 11 is 0. The van der Waals surface area contributed by atoms with Crippen LogP contribution in [0.4, 0.5) is 0 Å². The van der Waals surface area contributed by atoms with Gasteiger partial charge in [0, 0.05) is 5.92 Å². The summed E-state index contributed by atoms with van der Waals surface area (Å²) in [6.45, 7) is 2.28. The van der Waals surface area contributed by atoms with Crippen LogP contribution in [0.3, 0.4) is 0 Å². The third-order valence-corrected chi connectivity index (χ3v) is 2.61. The summed E-state index contributed by atoms with van der Waals surface area (Å²) in [5.74, 6) is 1.75. The minimum atomic E-state index is 0.413. The van der Waals surface area contributed by atoms with Crippen molar-refractivity contribution in [3.05, 3.63) is 0 Å². The lowest BCUT2D eigenvalue weighted by Gasteiger charge is -2.25. The summed E-state index contributed by atoms with van der Waals surface area (Å²) in [7, 11) is 1.60. The molecular formula is C9H17NO. The number of hydrogen-bond acceptors (Lipinski definition) is 2. The van der Waals surface area contributed by atoms with Gasteiger partial charge in [-0.05, 0) is 31.6 Å². The van der Waals surface area contributed by atoms with Gasteiger partial charge in [0.1, 0.15) is 0 Å². The van der Waals surface area contributed by atoms with Crippen LogP contribution in [-0.2, 0) is 4.74 Å². The van der Waals surface area contributed by atoms with E-state index in [1.54, 1.807) is 7.11 Å². The molecule has 2 nitrogen and oxygen atoms in total. The van der Waals surface area contributed by atoms with Crippen molar-refractivity contribution in [2.24, 2.45) is 11.8 Å². The minimum absolute atomic E-state index is 0.413. The van der Waals surface area contributed by atoms with Crippen molar-refractivity contribution in [1.82, 2.24) is 0 Å². The van der Waals surface area contributed by atoms with E-state index in [0.717, 1.165) is 18.8 Å². The topological polar surface area (TPSA) is 33.1 Å². The maximum absolute atomic E-state index is 7.48. The molecule has 0 heterocycles. The molecule has 0 aliphatic heterocycles. The van der Waals surface area contributed by atoms with Gasteiger partial charge in [0.25, 0.3) is 0 Å². The lowest BCUT2D eigenvalue weighted by atomic mass is 9.83. The number of methoxy groups -OCH3 is 1. The molecule has 1 N–H and O–H groups in total. The molecule has 1 aliphatic rings. The second kappa shape index (κ2) is 3.74. The quantitative estimate of drug-likeness (QED) is 0.458. The predicted molar refractivity (Wildman–Crippen MR) is 45.9 cm³/mol. The Kier molecular flexibility index (Phi) is 2.92. The van der Waals surface area contributed by atoms with E-state index in [9.17, 15) is 0 Å². The number of ether oxygens (including phenoxy) is 1. The van der Waals surface area contributed by atoms with Crippen LogP contribution in [0.15, 0.2) is 0 Å². The molecule has 0 bridgehead atoms. The highest BCUT2D eigenvalue weighted by atomic mass is 16.5. The van der Waals surface area contributed by atoms with Gasteiger partial charge in [-0.2, -0.15) is 0 Å². The van der Waals surface area contributed by atoms with Crippen molar-refractivity contribution in [2.75, 3.05) is 7.11 Å². The number of rotatable bonds is 1. The van der Waals surface area contributed by atoms with E-state index in [1.807, 2.05) is 0 Å². The Morgan fingerprint density at radius 2 is 1.82 bits per heavy atom. The van der Waals surface area contributed by atoms with Crippen LogP contribution >= 0.6 is 0 Å². The van der Waals surface area contributed by atoms with Crippen molar-refractivity contribution in [3.8, 4) is 0 Å². The molecular weight excluding hydrogens is 138 g/mol. The number of nitrogens with one attached hydrogen (secondary N) is 1. The Balaban J connectivity index is 2.33. The van der Waals surface area contributed by atoms with Crippen molar-refractivity contribution < 1.29 is 4.74 Å². The monoisotopic (exact) mass is 155 g/mol. The first-order chi connectivity index (χ1) is 5.24. The van der Waals surface area contributed by atoms with Gasteiger partial charge in [-0.3, -0.25) is 5.41 Å². The van der Waals surface area contributed by atoms with E-state index >= 15 is 0 Å². The van der Waals surface area contributed by atoms with E-state index in [0.29, 0.717) is 11.8 Å². The lowest BCUT2D eigenvalue weighted by Crippen LogP contribution is -2.21. The zero-order chi connectivity index (χ0) is 8.27. The summed E-state index contributed by atoms with van der Waals surface area (Å²) in [5, 5.41) is 7.48. The predicted octanol–water partition coefficient (Wildman–Crippen LogP) is 2.44. The normalized spacial score (nSPS) is 31.5. The third kappa shape index (κ3) is 2.21. The second-order valence-corrected chi connectivity index (χ2v) is 3.53. The second-order valence-electron chi connectivity index (χ2n) is 3.53. The van der Waals surface area contributed by atoms with Crippen molar-refractivity contribution in [1.29, 1.82) is 5.41 Å². The molecule has 2 heteroatoms. The van der Waals surface area contributed by atoms with Crippen LogP contribution in [0.1, 0.15) is 32.6 Å². The minimum Gasteiger partial charge on any atom is -0.484 e. The smallest absolute Gasteiger partial charge is 0.183 e.